The molecule has 4 aromatic rings. The molecule has 0 fully saturated rings. The lowest BCUT2D eigenvalue weighted by Gasteiger charge is -2.10. The van der Waals surface area contributed by atoms with Crippen molar-refractivity contribution >= 4 is 22.7 Å². The van der Waals surface area contributed by atoms with Crippen LogP contribution in [0.1, 0.15) is 12.7 Å². The third-order valence-electron chi connectivity index (χ3n) is 3.83. The zero-order chi connectivity index (χ0) is 18.6. The Bertz CT molecular complexity index is 1140. The first kappa shape index (κ1) is 17.2. The molecule has 0 amide bonds. The summed E-state index contributed by atoms with van der Waals surface area (Å²) in [5.74, 6) is 1.69. The second kappa shape index (κ2) is 7.58. The molecule has 0 spiro atoms. The Kier molecular flexibility index (Phi) is 4.84. The predicted octanol–water partition coefficient (Wildman–Crippen LogP) is 2.59. The molecule has 0 bridgehead atoms. The van der Waals surface area contributed by atoms with Crippen LogP contribution in [0.3, 0.4) is 0 Å². The number of benzene rings is 2. The van der Waals surface area contributed by atoms with Gasteiger partial charge in [0.1, 0.15) is 17.3 Å². The van der Waals surface area contributed by atoms with E-state index in [0.29, 0.717) is 40.0 Å². The van der Waals surface area contributed by atoms with Crippen LogP contribution in [0.25, 0.3) is 16.6 Å². The van der Waals surface area contributed by atoms with E-state index in [0.717, 1.165) is 5.69 Å². The molecule has 8 nitrogen and oxygen atoms in total. The number of thioether (sulfide) groups is 1. The van der Waals surface area contributed by atoms with E-state index in [9.17, 15) is 4.79 Å². The molecule has 0 unspecified atom stereocenters. The number of hydrogen-bond acceptors (Lipinski definition) is 7. The van der Waals surface area contributed by atoms with Gasteiger partial charge in [-0.05, 0) is 41.6 Å². The van der Waals surface area contributed by atoms with E-state index in [1.807, 2.05) is 49.4 Å². The molecule has 27 heavy (non-hydrogen) atoms. The van der Waals surface area contributed by atoms with Gasteiger partial charge in [-0.25, -0.2) is 4.98 Å². The van der Waals surface area contributed by atoms with Crippen molar-refractivity contribution in [3.8, 4) is 11.4 Å². The zero-order valence-corrected chi connectivity index (χ0v) is 15.3. The van der Waals surface area contributed by atoms with Gasteiger partial charge >= 0.3 is 0 Å². The van der Waals surface area contributed by atoms with Crippen LogP contribution in [-0.4, -0.2) is 36.8 Å². The summed E-state index contributed by atoms with van der Waals surface area (Å²) in [6.07, 6.45) is 0. The van der Waals surface area contributed by atoms with E-state index in [4.69, 9.17) is 4.74 Å². The highest BCUT2D eigenvalue weighted by molar-refractivity contribution is 7.98. The van der Waals surface area contributed by atoms with Gasteiger partial charge in [0.15, 0.2) is 0 Å². The second-order valence-corrected chi connectivity index (χ2v) is 6.53. The van der Waals surface area contributed by atoms with E-state index in [-0.39, 0.29) is 5.56 Å². The molecule has 0 aliphatic heterocycles. The largest absolute Gasteiger partial charge is 0.492 e. The van der Waals surface area contributed by atoms with Crippen LogP contribution < -0.4 is 10.3 Å². The molecule has 1 N–H and O–H groups in total. The minimum absolute atomic E-state index is 0.155. The fraction of sp³-hybridized carbons (Fsp3) is 0.167. The Morgan fingerprint density at radius 2 is 1.96 bits per heavy atom. The topological polar surface area (TPSA) is 98.6 Å². The molecule has 0 saturated carbocycles. The number of tetrazole rings is 1. The first-order valence-electron chi connectivity index (χ1n) is 8.37. The number of nitrogens with zero attached hydrogens (tertiary/aromatic N) is 5. The number of nitrogens with one attached hydrogen (secondary N) is 1. The third-order valence-corrected chi connectivity index (χ3v) is 4.76. The molecular weight excluding hydrogens is 364 g/mol. The minimum atomic E-state index is -0.155. The highest BCUT2D eigenvalue weighted by Crippen LogP contribution is 2.27. The van der Waals surface area contributed by atoms with Crippen LogP contribution in [0.4, 0.5) is 0 Å². The first-order valence-corrected chi connectivity index (χ1v) is 9.36. The summed E-state index contributed by atoms with van der Waals surface area (Å²) in [7, 11) is 0. The number of aromatic amines is 1. The van der Waals surface area contributed by atoms with Crippen molar-refractivity contribution in [2.75, 3.05) is 6.61 Å². The smallest absolute Gasteiger partial charge is 0.258 e. The van der Waals surface area contributed by atoms with E-state index in [1.165, 1.54) is 11.8 Å². The number of rotatable bonds is 6. The van der Waals surface area contributed by atoms with E-state index in [2.05, 4.69) is 25.5 Å². The van der Waals surface area contributed by atoms with Crippen molar-refractivity contribution in [1.29, 1.82) is 0 Å². The zero-order valence-electron chi connectivity index (χ0n) is 14.5. The second-order valence-electron chi connectivity index (χ2n) is 5.59. The Morgan fingerprint density at radius 1 is 1.15 bits per heavy atom. The van der Waals surface area contributed by atoms with Crippen molar-refractivity contribution in [1.82, 2.24) is 30.2 Å². The Morgan fingerprint density at radius 3 is 2.85 bits per heavy atom. The van der Waals surface area contributed by atoms with Crippen LogP contribution in [0.2, 0.25) is 0 Å². The number of ether oxygens (including phenoxy) is 1. The SMILES string of the molecule is CCOc1ccccc1-n1nnnc1SCc1nc2ccccc2c(=O)[nH]1. The molecule has 136 valence electrons. The van der Waals surface area contributed by atoms with Crippen LogP contribution in [-0.2, 0) is 5.75 Å². The van der Waals surface area contributed by atoms with Crippen LogP contribution >= 0.6 is 11.8 Å². The molecule has 0 aliphatic carbocycles. The van der Waals surface area contributed by atoms with Crippen molar-refractivity contribution in [3.63, 3.8) is 0 Å². The molecule has 0 radical (unpaired) electrons. The summed E-state index contributed by atoms with van der Waals surface area (Å²) in [4.78, 5) is 19.5. The summed E-state index contributed by atoms with van der Waals surface area (Å²) < 4.78 is 7.28. The molecule has 2 aromatic carbocycles. The maximum atomic E-state index is 12.2. The van der Waals surface area contributed by atoms with Gasteiger partial charge in [-0.15, -0.1) is 5.10 Å². The predicted molar refractivity (Wildman–Crippen MR) is 102 cm³/mol. The van der Waals surface area contributed by atoms with E-state index < -0.39 is 0 Å². The number of hydrogen-bond donors (Lipinski definition) is 1. The number of fused-ring (bicyclic) bond motifs is 1. The summed E-state index contributed by atoms with van der Waals surface area (Å²) in [6, 6.07) is 14.8. The van der Waals surface area contributed by atoms with E-state index in [1.54, 1.807) is 10.7 Å². The van der Waals surface area contributed by atoms with Crippen molar-refractivity contribution in [2.45, 2.75) is 17.8 Å². The molecule has 2 aromatic heterocycles. The quantitative estimate of drug-likeness (QED) is 0.513. The molecule has 0 saturated heterocycles. The van der Waals surface area contributed by atoms with Gasteiger partial charge in [0.2, 0.25) is 5.16 Å². The summed E-state index contributed by atoms with van der Waals surface area (Å²) in [5, 5.41) is 13.1. The monoisotopic (exact) mass is 380 g/mol. The van der Waals surface area contributed by atoms with Crippen LogP contribution in [0.5, 0.6) is 5.75 Å². The number of H-pyrrole nitrogens is 1. The van der Waals surface area contributed by atoms with Gasteiger partial charge in [-0.2, -0.15) is 4.68 Å². The standard InChI is InChI=1S/C18H16N6O2S/c1-2-26-15-10-6-5-9-14(15)24-18(21-22-23-24)27-11-16-19-13-8-4-3-7-12(13)17(25)20-16/h3-10H,2,11H2,1H3,(H,19,20,25). The normalized spacial score (nSPS) is 11.0. The molecule has 0 aliphatic rings. The van der Waals surface area contributed by atoms with Gasteiger partial charge in [-0.3, -0.25) is 4.79 Å². The van der Waals surface area contributed by atoms with Gasteiger partial charge in [-0.1, -0.05) is 36.0 Å². The Hall–Kier alpha value is -3.20. The third kappa shape index (κ3) is 3.54. The van der Waals surface area contributed by atoms with Crippen molar-refractivity contribution in [3.05, 3.63) is 64.7 Å². The van der Waals surface area contributed by atoms with E-state index >= 15 is 0 Å². The number of para-hydroxylation sites is 3. The average Bonchev–Trinajstić information content (AvgIpc) is 3.15. The van der Waals surface area contributed by atoms with Crippen LogP contribution in [0, 0.1) is 0 Å². The Balaban J connectivity index is 1.61. The molecule has 4 rings (SSSR count). The fourth-order valence-corrected chi connectivity index (χ4v) is 3.42. The average molecular weight is 380 g/mol. The Labute approximate surface area is 158 Å². The highest BCUT2D eigenvalue weighted by Gasteiger charge is 2.14. The minimum Gasteiger partial charge on any atom is -0.492 e. The molecule has 0 atom stereocenters. The lowest BCUT2D eigenvalue weighted by atomic mass is 10.2. The van der Waals surface area contributed by atoms with Crippen molar-refractivity contribution < 1.29 is 4.74 Å². The summed E-state index contributed by atoms with van der Waals surface area (Å²) in [6.45, 7) is 2.47. The lowest BCUT2D eigenvalue weighted by molar-refractivity contribution is 0.337. The fourth-order valence-electron chi connectivity index (χ4n) is 2.67. The lowest BCUT2D eigenvalue weighted by Crippen LogP contribution is -2.11. The van der Waals surface area contributed by atoms with Gasteiger partial charge in [0.25, 0.3) is 5.56 Å². The van der Waals surface area contributed by atoms with Gasteiger partial charge in [0.05, 0.1) is 23.3 Å². The summed E-state index contributed by atoms with van der Waals surface area (Å²) in [5.41, 5.74) is 1.27. The maximum absolute atomic E-state index is 12.2. The highest BCUT2D eigenvalue weighted by atomic mass is 32.2. The molecular formula is C18H16N6O2S. The van der Waals surface area contributed by atoms with Crippen LogP contribution in [0.15, 0.2) is 58.5 Å². The molecule has 9 heteroatoms. The maximum Gasteiger partial charge on any atom is 0.258 e. The number of aromatic nitrogens is 6. The van der Waals surface area contributed by atoms with Crippen molar-refractivity contribution in [2.24, 2.45) is 0 Å². The first-order chi connectivity index (χ1) is 13.3. The molecule has 2 heterocycles. The summed E-state index contributed by atoms with van der Waals surface area (Å²) >= 11 is 1.38. The van der Waals surface area contributed by atoms with Gasteiger partial charge in [0, 0.05) is 0 Å². The van der Waals surface area contributed by atoms with Gasteiger partial charge < -0.3 is 9.72 Å².